The maximum atomic E-state index is 11.9. The summed E-state index contributed by atoms with van der Waals surface area (Å²) in [4.78, 5) is 0. The summed E-state index contributed by atoms with van der Waals surface area (Å²) in [5.74, 6) is 0.618. The number of likely N-dealkylation sites (N-methyl/N-ethyl adjacent to an activating group) is 1. The summed E-state index contributed by atoms with van der Waals surface area (Å²) in [5.41, 5.74) is 0.607. The normalized spacial score (nSPS) is 13.8. The summed E-state index contributed by atoms with van der Waals surface area (Å²) in [5, 5.41) is 10.1. The second kappa shape index (κ2) is 7.03. The first-order chi connectivity index (χ1) is 9.26. The number of hydrogen-bond acceptors (Lipinski definition) is 4. The number of benzene rings is 1. The first-order valence-electron chi connectivity index (χ1n) is 6.32. The number of aliphatic hydroxyl groups is 1. The molecular formula is C13H22N2O4S. The second-order valence-electron chi connectivity index (χ2n) is 4.85. The fraction of sp³-hybridized carbons (Fsp3) is 0.538. The largest absolute Gasteiger partial charge is 0.497 e. The number of methoxy groups -OCH3 is 1. The van der Waals surface area contributed by atoms with E-state index in [-0.39, 0.29) is 12.6 Å². The highest BCUT2D eigenvalue weighted by molar-refractivity contribution is 7.87. The van der Waals surface area contributed by atoms with Crippen LogP contribution in [0.3, 0.4) is 0 Å². The van der Waals surface area contributed by atoms with Crippen molar-refractivity contribution in [3.63, 3.8) is 0 Å². The summed E-state index contributed by atoms with van der Waals surface area (Å²) >= 11 is 0. The Morgan fingerprint density at radius 2 is 2.05 bits per heavy atom. The predicted molar refractivity (Wildman–Crippen MR) is 77.8 cm³/mol. The molecule has 1 rings (SSSR count). The molecule has 0 bridgehead atoms. The number of rotatable bonds is 7. The van der Waals surface area contributed by atoms with Gasteiger partial charge in [0.1, 0.15) is 5.75 Å². The maximum absolute atomic E-state index is 11.9. The zero-order valence-corrected chi connectivity index (χ0v) is 13.0. The lowest BCUT2D eigenvalue weighted by Crippen LogP contribution is -2.43. The third-order valence-corrected chi connectivity index (χ3v) is 4.44. The average Bonchev–Trinajstić information content (AvgIpc) is 2.37. The average molecular weight is 302 g/mol. The quantitative estimate of drug-likeness (QED) is 0.784. The van der Waals surface area contributed by atoms with E-state index in [1.54, 1.807) is 38.1 Å². The zero-order chi connectivity index (χ0) is 15.3. The van der Waals surface area contributed by atoms with E-state index >= 15 is 0 Å². The Labute approximate surface area is 120 Å². The molecule has 0 saturated heterocycles. The van der Waals surface area contributed by atoms with Gasteiger partial charge < -0.3 is 9.84 Å². The highest BCUT2D eigenvalue weighted by atomic mass is 32.2. The lowest BCUT2D eigenvalue weighted by Gasteiger charge is -2.22. The third kappa shape index (κ3) is 4.75. The van der Waals surface area contributed by atoms with Crippen molar-refractivity contribution in [1.82, 2.24) is 9.03 Å². The molecule has 0 radical (unpaired) electrons. The highest BCUT2D eigenvalue weighted by Crippen LogP contribution is 2.20. The molecule has 0 aromatic heterocycles. The van der Waals surface area contributed by atoms with Gasteiger partial charge in [0.2, 0.25) is 0 Å². The van der Waals surface area contributed by atoms with Crippen molar-refractivity contribution in [2.45, 2.75) is 26.0 Å². The number of hydrogen-bond donors (Lipinski definition) is 2. The lowest BCUT2D eigenvalue weighted by atomic mass is 10.1. The lowest BCUT2D eigenvalue weighted by molar-refractivity contribution is 0.154. The van der Waals surface area contributed by atoms with Gasteiger partial charge in [0.25, 0.3) is 10.2 Å². The molecule has 7 heteroatoms. The SMILES string of the molecule is COc1cccc(C(O)CN(C)S(=O)(=O)NC(C)C)c1. The molecule has 20 heavy (non-hydrogen) atoms. The minimum Gasteiger partial charge on any atom is -0.497 e. The molecule has 1 unspecified atom stereocenters. The predicted octanol–water partition coefficient (Wildman–Crippen LogP) is 0.903. The van der Waals surface area contributed by atoms with Gasteiger partial charge in [-0.25, -0.2) is 0 Å². The molecule has 6 nitrogen and oxygen atoms in total. The van der Waals surface area contributed by atoms with Gasteiger partial charge in [-0.05, 0) is 31.5 Å². The second-order valence-corrected chi connectivity index (χ2v) is 6.66. The molecule has 0 heterocycles. The molecule has 1 aromatic rings. The van der Waals surface area contributed by atoms with Crippen LogP contribution >= 0.6 is 0 Å². The third-order valence-electron chi connectivity index (χ3n) is 2.70. The Hall–Kier alpha value is -1.15. The molecule has 1 atom stereocenters. The molecule has 0 spiro atoms. The Kier molecular flexibility index (Phi) is 5.94. The zero-order valence-electron chi connectivity index (χ0n) is 12.2. The molecule has 0 fully saturated rings. The molecule has 1 aromatic carbocycles. The van der Waals surface area contributed by atoms with Gasteiger partial charge in [0.05, 0.1) is 13.2 Å². The standard InChI is InChI=1S/C13H22N2O4S/c1-10(2)14-20(17,18)15(3)9-13(16)11-6-5-7-12(8-11)19-4/h5-8,10,13-14,16H,9H2,1-4H3. The Balaban J connectivity index is 2.76. The maximum Gasteiger partial charge on any atom is 0.279 e. The number of nitrogens with zero attached hydrogens (tertiary/aromatic N) is 1. The van der Waals surface area contributed by atoms with E-state index in [1.165, 1.54) is 14.2 Å². The minimum absolute atomic E-state index is 0.0325. The van der Waals surface area contributed by atoms with Crippen LogP contribution in [0.1, 0.15) is 25.5 Å². The number of ether oxygens (including phenoxy) is 1. The van der Waals surface area contributed by atoms with Gasteiger partial charge in [-0.2, -0.15) is 17.4 Å². The van der Waals surface area contributed by atoms with Crippen LogP contribution in [0.15, 0.2) is 24.3 Å². The van der Waals surface area contributed by atoms with E-state index in [2.05, 4.69) is 4.72 Å². The van der Waals surface area contributed by atoms with Crippen molar-refractivity contribution < 1.29 is 18.3 Å². The first kappa shape index (κ1) is 16.9. The molecule has 0 amide bonds. The molecule has 0 saturated carbocycles. The van der Waals surface area contributed by atoms with Gasteiger partial charge in [0, 0.05) is 19.6 Å². The van der Waals surface area contributed by atoms with Gasteiger partial charge in [0.15, 0.2) is 0 Å². The van der Waals surface area contributed by atoms with Crippen LogP contribution in [0.4, 0.5) is 0 Å². The van der Waals surface area contributed by atoms with Gasteiger partial charge >= 0.3 is 0 Å². The highest BCUT2D eigenvalue weighted by Gasteiger charge is 2.22. The fourth-order valence-corrected chi connectivity index (χ4v) is 2.80. The van der Waals surface area contributed by atoms with Crippen molar-refractivity contribution in [2.75, 3.05) is 20.7 Å². The van der Waals surface area contributed by atoms with E-state index in [9.17, 15) is 13.5 Å². The molecule has 0 aliphatic rings. The van der Waals surface area contributed by atoms with Gasteiger partial charge in [-0.3, -0.25) is 0 Å². The summed E-state index contributed by atoms with van der Waals surface area (Å²) in [6, 6.07) is 6.72. The topological polar surface area (TPSA) is 78.9 Å². The van der Waals surface area contributed by atoms with Crippen LogP contribution in [-0.2, 0) is 10.2 Å². The number of nitrogens with one attached hydrogen (secondary N) is 1. The summed E-state index contributed by atoms with van der Waals surface area (Å²) in [7, 11) is -0.625. The van der Waals surface area contributed by atoms with E-state index in [4.69, 9.17) is 4.74 Å². The molecular weight excluding hydrogens is 280 g/mol. The van der Waals surface area contributed by atoms with E-state index < -0.39 is 16.3 Å². The summed E-state index contributed by atoms with van der Waals surface area (Å²) in [6.45, 7) is 3.45. The van der Waals surface area contributed by atoms with Gasteiger partial charge in [-0.15, -0.1) is 0 Å². The minimum atomic E-state index is -3.59. The Bertz CT molecular complexity index is 531. The molecule has 114 valence electrons. The van der Waals surface area contributed by atoms with E-state index in [0.29, 0.717) is 11.3 Å². The fourth-order valence-electron chi connectivity index (χ4n) is 1.68. The van der Waals surface area contributed by atoms with Crippen LogP contribution in [0.5, 0.6) is 5.75 Å². The van der Waals surface area contributed by atoms with Crippen LogP contribution in [0.2, 0.25) is 0 Å². The van der Waals surface area contributed by atoms with Crippen molar-refractivity contribution in [1.29, 1.82) is 0 Å². The molecule has 2 N–H and O–H groups in total. The summed E-state index contributed by atoms with van der Waals surface area (Å²) < 4.78 is 32.4. The van der Waals surface area contributed by atoms with Crippen LogP contribution < -0.4 is 9.46 Å². The van der Waals surface area contributed by atoms with Crippen LogP contribution in [0, 0.1) is 0 Å². The smallest absolute Gasteiger partial charge is 0.279 e. The van der Waals surface area contributed by atoms with Crippen molar-refractivity contribution in [2.24, 2.45) is 0 Å². The summed E-state index contributed by atoms with van der Waals surface area (Å²) in [6.07, 6.45) is -0.918. The van der Waals surface area contributed by atoms with E-state index in [1.807, 2.05) is 0 Å². The van der Waals surface area contributed by atoms with Gasteiger partial charge in [-0.1, -0.05) is 12.1 Å². The van der Waals surface area contributed by atoms with Crippen molar-refractivity contribution in [3.05, 3.63) is 29.8 Å². The molecule has 0 aliphatic heterocycles. The first-order valence-corrected chi connectivity index (χ1v) is 7.76. The monoisotopic (exact) mass is 302 g/mol. The van der Waals surface area contributed by atoms with Crippen LogP contribution in [0.25, 0.3) is 0 Å². The Morgan fingerprint density at radius 3 is 2.60 bits per heavy atom. The number of aliphatic hydroxyl groups excluding tert-OH is 1. The molecule has 0 aliphatic carbocycles. The Morgan fingerprint density at radius 1 is 1.40 bits per heavy atom. The van der Waals surface area contributed by atoms with Crippen molar-refractivity contribution >= 4 is 10.2 Å². The van der Waals surface area contributed by atoms with Crippen molar-refractivity contribution in [3.8, 4) is 5.75 Å². The van der Waals surface area contributed by atoms with Crippen LogP contribution in [-0.4, -0.2) is 44.6 Å². The van der Waals surface area contributed by atoms with E-state index in [0.717, 1.165) is 4.31 Å².